The summed E-state index contributed by atoms with van der Waals surface area (Å²) in [6.07, 6.45) is 7.68. The topological polar surface area (TPSA) is 50.2 Å². The number of rotatable bonds is 3. The Labute approximate surface area is 103 Å². The van der Waals surface area contributed by atoms with Gasteiger partial charge in [0.1, 0.15) is 0 Å². The molecule has 0 aromatic carbocycles. The summed E-state index contributed by atoms with van der Waals surface area (Å²) in [5.41, 5.74) is 0.446. The molecule has 0 spiro atoms. The molecule has 1 saturated carbocycles. The number of carbonyl (C=O) groups is 1. The van der Waals surface area contributed by atoms with Gasteiger partial charge >= 0.3 is 5.97 Å². The number of aliphatic carboxylic acids is 1. The third-order valence-electron chi connectivity index (χ3n) is 3.32. The number of nitrogens with zero attached hydrogens (tertiary/aromatic N) is 1. The highest BCUT2D eigenvalue weighted by molar-refractivity contribution is 9.10. The fourth-order valence-corrected chi connectivity index (χ4v) is 2.87. The summed E-state index contributed by atoms with van der Waals surface area (Å²) in [5.74, 6) is -0.662. The lowest BCUT2D eigenvalue weighted by atomic mass is 9.80. The molecule has 1 aliphatic carbocycles. The molecule has 1 heterocycles. The van der Waals surface area contributed by atoms with E-state index in [1.807, 2.05) is 6.07 Å². The van der Waals surface area contributed by atoms with Gasteiger partial charge in [-0.25, -0.2) is 0 Å². The first-order valence-corrected chi connectivity index (χ1v) is 6.25. The van der Waals surface area contributed by atoms with Crippen molar-refractivity contribution in [3.63, 3.8) is 0 Å². The molecular formula is C12H14BrNO2. The number of pyridine rings is 1. The summed E-state index contributed by atoms with van der Waals surface area (Å²) in [4.78, 5) is 15.5. The molecule has 1 aromatic heterocycles. The van der Waals surface area contributed by atoms with Crippen LogP contribution in [-0.4, -0.2) is 16.1 Å². The highest BCUT2D eigenvalue weighted by Gasteiger charge is 2.41. The number of carboxylic acids is 1. The van der Waals surface area contributed by atoms with Crippen molar-refractivity contribution in [3.05, 3.63) is 28.5 Å². The predicted molar refractivity (Wildman–Crippen MR) is 64.2 cm³/mol. The van der Waals surface area contributed by atoms with Gasteiger partial charge in [0.25, 0.3) is 0 Å². The minimum absolute atomic E-state index is 0.553. The van der Waals surface area contributed by atoms with Gasteiger partial charge in [0.05, 0.1) is 5.41 Å². The van der Waals surface area contributed by atoms with E-state index in [4.69, 9.17) is 0 Å². The Hall–Kier alpha value is -0.900. The van der Waals surface area contributed by atoms with Crippen LogP contribution in [-0.2, 0) is 11.2 Å². The summed E-state index contributed by atoms with van der Waals surface area (Å²) < 4.78 is 0.906. The Kier molecular flexibility index (Phi) is 3.28. The second-order valence-electron chi connectivity index (χ2n) is 4.48. The first kappa shape index (κ1) is 11.6. The Morgan fingerprint density at radius 2 is 2.12 bits per heavy atom. The Bertz CT molecular complexity index is 400. The average molecular weight is 284 g/mol. The van der Waals surface area contributed by atoms with E-state index in [1.54, 1.807) is 12.4 Å². The summed E-state index contributed by atoms with van der Waals surface area (Å²) >= 11 is 3.36. The number of hydrogen-bond donors (Lipinski definition) is 1. The quantitative estimate of drug-likeness (QED) is 0.928. The fourth-order valence-electron chi connectivity index (χ4n) is 2.46. The van der Waals surface area contributed by atoms with Gasteiger partial charge in [-0.05, 0) is 46.8 Å². The Morgan fingerprint density at radius 3 is 2.69 bits per heavy atom. The maximum atomic E-state index is 11.4. The van der Waals surface area contributed by atoms with Gasteiger partial charge in [0.15, 0.2) is 0 Å². The van der Waals surface area contributed by atoms with Gasteiger partial charge in [0.2, 0.25) is 0 Å². The van der Waals surface area contributed by atoms with Crippen molar-refractivity contribution in [2.45, 2.75) is 32.1 Å². The number of carboxylic acid groups (broad SMARTS) is 1. The van der Waals surface area contributed by atoms with E-state index in [9.17, 15) is 9.90 Å². The van der Waals surface area contributed by atoms with Crippen LogP contribution in [0.2, 0.25) is 0 Å². The summed E-state index contributed by atoms with van der Waals surface area (Å²) in [5, 5.41) is 9.36. The van der Waals surface area contributed by atoms with Crippen LogP contribution in [0.5, 0.6) is 0 Å². The minimum Gasteiger partial charge on any atom is -0.481 e. The molecule has 3 nitrogen and oxygen atoms in total. The van der Waals surface area contributed by atoms with Crippen LogP contribution >= 0.6 is 15.9 Å². The normalized spacial score (nSPS) is 18.6. The summed E-state index contributed by atoms with van der Waals surface area (Å²) in [6, 6.07) is 1.95. The van der Waals surface area contributed by atoms with Crippen molar-refractivity contribution in [2.24, 2.45) is 5.41 Å². The van der Waals surface area contributed by atoms with Gasteiger partial charge in [0, 0.05) is 16.9 Å². The second kappa shape index (κ2) is 4.53. The van der Waals surface area contributed by atoms with Gasteiger partial charge in [-0.1, -0.05) is 12.8 Å². The van der Waals surface area contributed by atoms with Gasteiger partial charge in [-0.3, -0.25) is 9.78 Å². The largest absolute Gasteiger partial charge is 0.481 e. The first-order valence-electron chi connectivity index (χ1n) is 5.45. The molecule has 4 heteroatoms. The van der Waals surface area contributed by atoms with Crippen LogP contribution in [0.15, 0.2) is 22.9 Å². The molecule has 1 N–H and O–H groups in total. The van der Waals surface area contributed by atoms with E-state index in [0.717, 1.165) is 35.7 Å². The van der Waals surface area contributed by atoms with Crippen LogP contribution in [0.3, 0.4) is 0 Å². The molecule has 2 rings (SSSR count). The standard InChI is InChI=1S/C12H14BrNO2/c13-10-5-9(7-14-8-10)6-12(11(15)16)3-1-2-4-12/h5,7-8H,1-4,6H2,(H,15,16). The molecule has 0 saturated heterocycles. The summed E-state index contributed by atoms with van der Waals surface area (Å²) in [6.45, 7) is 0. The van der Waals surface area contributed by atoms with Gasteiger partial charge in [-0.2, -0.15) is 0 Å². The van der Waals surface area contributed by atoms with Crippen LogP contribution in [0.25, 0.3) is 0 Å². The zero-order valence-corrected chi connectivity index (χ0v) is 10.5. The minimum atomic E-state index is -0.662. The molecule has 1 aromatic rings. The van der Waals surface area contributed by atoms with Crippen LogP contribution in [0.4, 0.5) is 0 Å². The van der Waals surface area contributed by atoms with Crippen LogP contribution < -0.4 is 0 Å². The molecule has 0 aliphatic heterocycles. The third kappa shape index (κ3) is 2.26. The van der Waals surface area contributed by atoms with Gasteiger partial charge in [-0.15, -0.1) is 0 Å². The maximum Gasteiger partial charge on any atom is 0.309 e. The molecule has 0 bridgehead atoms. The van der Waals surface area contributed by atoms with Crippen LogP contribution in [0.1, 0.15) is 31.2 Å². The maximum absolute atomic E-state index is 11.4. The Morgan fingerprint density at radius 1 is 1.44 bits per heavy atom. The average Bonchev–Trinajstić information content (AvgIpc) is 2.67. The third-order valence-corrected chi connectivity index (χ3v) is 3.75. The molecule has 16 heavy (non-hydrogen) atoms. The number of hydrogen-bond acceptors (Lipinski definition) is 2. The zero-order chi connectivity index (χ0) is 11.6. The fraction of sp³-hybridized carbons (Fsp3) is 0.500. The Balaban J connectivity index is 2.21. The number of aromatic nitrogens is 1. The van der Waals surface area contributed by atoms with E-state index in [-0.39, 0.29) is 0 Å². The van der Waals surface area contributed by atoms with E-state index in [1.165, 1.54) is 0 Å². The monoisotopic (exact) mass is 283 g/mol. The highest BCUT2D eigenvalue weighted by atomic mass is 79.9. The van der Waals surface area contributed by atoms with E-state index >= 15 is 0 Å². The van der Waals surface area contributed by atoms with E-state index < -0.39 is 11.4 Å². The lowest BCUT2D eigenvalue weighted by Gasteiger charge is -2.23. The van der Waals surface area contributed by atoms with Crippen molar-refractivity contribution >= 4 is 21.9 Å². The highest BCUT2D eigenvalue weighted by Crippen LogP contribution is 2.41. The summed E-state index contributed by atoms with van der Waals surface area (Å²) in [7, 11) is 0. The molecular weight excluding hydrogens is 270 g/mol. The zero-order valence-electron chi connectivity index (χ0n) is 8.95. The molecule has 0 unspecified atom stereocenters. The van der Waals surface area contributed by atoms with Crippen molar-refractivity contribution in [3.8, 4) is 0 Å². The van der Waals surface area contributed by atoms with Crippen molar-refractivity contribution in [1.29, 1.82) is 0 Å². The van der Waals surface area contributed by atoms with Crippen molar-refractivity contribution in [2.75, 3.05) is 0 Å². The second-order valence-corrected chi connectivity index (χ2v) is 5.40. The molecule has 0 amide bonds. The SMILES string of the molecule is O=C(O)C1(Cc2cncc(Br)c2)CCCC1. The van der Waals surface area contributed by atoms with E-state index in [0.29, 0.717) is 6.42 Å². The lowest BCUT2D eigenvalue weighted by molar-refractivity contribution is -0.148. The molecule has 0 atom stereocenters. The molecule has 1 fully saturated rings. The van der Waals surface area contributed by atoms with Crippen LogP contribution in [0, 0.1) is 5.41 Å². The molecule has 1 aliphatic rings. The molecule has 0 radical (unpaired) electrons. The number of halogens is 1. The van der Waals surface area contributed by atoms with Crippen molar-refractivity contribution < 1.29 is 9.90 Å². The lowest BCUT2D eigenvalue weighted by Crippen LogP contribution is -2.30. The predicted octanol–water partition coefficient (Wildman–Crippen LogP) is 3.03. The smallest absolute Gasteiger partial charge is 0.309 e. The van der Waals surface area contributed by atoms with Gasteiger partial charge < -0.3 is 5.11 Å². The van der Waals surface area contributed by atoms with Crippen molar-refractivity contribution in [1.82, 2.24) is 4.98 Å². The molecule has 86 valence electrons. The van der Waals surface area contributed by atoms with E-state index in [2.05, 4.69) is 20.9 Å². The first-order chi connectivity index (χ1) is 7.62.